The molecular formula is C22H50N6O16. The highest BCUT2D eigenvalue weighted by Gasteiger charge is 2.18. The van der Waals surface area contributed by atoms with E-state index in [9.17, 15) is 19.2 Å². The van der Waals surface area contributed by atoms with E-state index < -0.39 is 73.9 Å². The van der Waals surface area contributed by atoms with Gasteiger partial charge in [0.1, 0.15) is 0 Å². The topological polar surface area (TPSA) is 427 Å². The van der Waals surface area contributed by atoms with Gasteiger partial charge in [0.25, 0.3) is 23.9 Å². The summed E-state index contributed by atoms with van der Waals surface area (Å²) >= 11 is 0. The number of carboxylic acid groups (broad SMARTS) is 8. The highest BCUT2D eigenvalue weighted by atomic mass is 16.4. The van der Waals surface area contributed by atoms with E-state index in [1.54, 1.807) is 0 Å². The van der Waals surface area contributed by atoms with Gasteiger partial charge in [0.15, 0.2) is 0 Å². The first-order chi connectivity index (χ1) is 19.0. The monoisotopic (exact) mass is 654 g/mol. The minimum absolute atomic E-state index is 0. The maximum atomic E-state index is 10.6. The molecule has 0 unspecified atom stereocenters. The van der Waals surface area contributed by atoms with Crippen molar-refractivity contribution in [3.63, 3.8) is 0 Å². The minimum Gasteiger partial charge on any atom is -0.481 e. The van der Waals surface area contributed by atoms with Gasteiger partial charge in [0, 0.05) is 53.9 Å². The number of hydrogen-bond donors (Lipinski definition) is 12. The van der Waals surface area contributed by atoms with Crippen molar-refractivity contribution >= 4 is 47.8 Å². The molecule has 18 N–H and O–H groups in total. The van der Waals surface area contributed by atoms with Gasteiger partial charge in [-0.05, 0) is 0 Å². The van der Waals surface area contributed by atoms with Crippen LogP contribution < -0.4 is 23.8 Å². The van der Waals surface area contributed by atoms with Gasteiger partial charge in [-0.1, -0.05) is 0 Å². The summed E-state index contributed by atoms with van der Waals surface area (Å²) in [5.41, 5.74) is 9.81. The average Bonchev–Trinajstić information content (AvgIpc) is 2.76. The molecule has 0 amide bonds. The maximum Gasteiger partial charge on any atom is 0.317 e. The fourth-order valence-corrected chi connectivity index (χ4v) is 1.48. The molecule has 0 aromatic rings. The number of nitrogens with two attached hydrogens (primary N) is 2. The number of aliphatic carboxylic acids is 8. The van der Waals surface area contributed by atoms with Crippen LogP contribution in [0.5, 0.6) is 0 Å². The first-order valence-corrected chi connectivity index (χ1v) is 11.0. The van der Waals surface area contributed by atoms with E-state index >= 15 is 0 Å². The number of carbonyl (C=O) groups is 8. The molecule has 0 spiro atoms. The molecule has 0 saturated carbocycles. The average molecular weight is 655 g/mol. The summed E-state index contributed by atoms with van der Waals surface area (Å²) in [6.07, 6.45) is 0. The molecule has 0 atom stereocenters. The lowest BCUT2D eigenvalue weighted by Crippen LogP contribution is -2.43. The number of nitrogens with zero attached hydrogens (tertiary/aromatic N) is 2. The molecule has 0 aromatic heterocycles. The zero-order valence-electron chi connectivity index (χ0n) is 25.4. The predicted octanol–water partition coefficient (Wildman–Crippen LogP) is -1.68. The molecule has 0 aliphatic heterocycles. The summed E-state index contributed by atoms with van der Waals surface area (Å²) in [5, 5.41) is 64.1. The first kappa shape index (κ1) is 62.8. The van der Waals surface area contributed by atoms with E-state index in [1.807, 2.05) is 0 Å². The summed E-state index contributed by atoms with van der Waals surface area (Å²) in [7, 11) is 0. The number of rotatable bonds is 12. The summed E-state index contributed by atoms with van der Waals surface area (Å²) in [6, 6.07) is 0. The van der Waals surface area contributed by atoms with E-state index in [0.717, 1.165) is 37.5 Å². The molecule has 0 saturated heterocycles. The lowest BCUT2D eigenvalue weighted by atomic mass is 10.4. The Kier molecular flexibility index (Phi) is 68.5. The van der Waals surface area contributed by atoms with Crippen molar-refractivity contribution in [2.45, 2.75) is 27.7 Å². The van der Waals surface area contributed by atoms with Crippen molar-refractivity contribution in [1.82, 2.24) is 22.1 Å². The molecule has 0 fully saturated rings. The quantitative estimate of drug-likeness (QED) is 0.104. The molecule has 0 rings (SSSR count). The lowest BCUT2D eigenvalue weighted by molar-refractivity contribution is -0.145. The molecule has 0 aromatic carbocycles. The second-order valence-corrected chi connectivity index (χ2v) is 6.65. The van der Waals surface area contributed by atoms with Gasteiger partial charge in [-0.2, -0.15) is 0 Å². The van der Waals surface area contributed by atoms with Crippen LogP contribution in [0.2, 0.25) is 0 Å². The van der Waals surface area contributed by atoms with Gasteiger partial charge >= 0.3 is 23.9 Å². The van der Waals surface area contributed by atoms with Crippen molar-refractivity contribution in [2.75, 3.05) is 52.4 Å². The smallest absolute Gasteiger partial charge is 0.317 e. The van der Waals surface area contributed by atoms with E-state index in [1.165, 1.54) is 0 Å². The van der Waals surface area contributed by atoms with Crippen molar-refractivity contribution in [3.05, 3.63) is 13.2 Å². The molecule has 22 heteroatoms. The Labute approximate surface area is 254 Å². The number of carboxylic acids is 8. The second-order valence-electron chi connectivity index (χ2n) is 6.65. The van der Waals surface area contributed by atoms with Crippen LogP contribution in [0.4, 0.5) is 0 Å². The van der Waals surface area contributed by atoms with Gasteiger partial charge in [-0.15, -0.1) is 13.2 Å². The summed E-state index contributed by atoms with van der Waals surface area (Å²) in [4.78, 5) is 80.4. The molecule has 0 aliphatic carbocycles. The Morgan fingerprint density at radius 3 is 0.636 bits per heavy atom. The Morgan fingerprint density at radius 1 is 0.455 bits per heavy atom. The van der Waals surface area contributed by atoms with Crippen molar-refractivity contribution in [3.8, 4) is 0 Å². The van der Waals surface area contributed by atoms with E-state index in [2.05, 4.69) is 13.2 Å². The fraction of sp³-hybridized carbons (Fsp3) is 0.545. The Morgan fingerprint density at radius 2 is 0.568 bits per heavy atom. The van der Waals surface area contributed by atoms with Crippen LogP contribution >= 0.6 is 0 Å². The van der Waals surface area contributed by atoms with Crippen LogP contribution in [-0.2, 0) is 38.4 Å². The normalized spacial score (nSPS) is 7.91. The second kappa shape index (κ2) is 48.0. The Balaban J connectivity index is -0.0000000595. The molecule has 0 aliphatic rings. The van der Waals surface area contributed by atoms with E-state index in [-0.39, 0.29) is 25.4 Å². The Bertz CT molecular complexity index is 650. The molecule has 0 bridgehead atoms. The minimum atomic E-state index is -1.23. The zero-order valence-corrected chi connectivity index (χ0v) is 25.4. The molecule has 264 valence electrons. The summed E-state index contributed by atoms with van der Waals surface area (Å²) < 4.78 is 0. The predicted molar refractivity (Wildman–Crippen MR) is 156 cm³/mol. The molecule has 22 nitrogen and oxygen atoms in total. The molecular weight excluding hydrogens is 604 g/mol. The largest absolute Gasteiger partial charge is 0.481 e. The molecule has 0 heterocycles. The van der Waals surface area contributed by atoms with Crippen LogP contribution in [0.1, 0.15) is 27.7 Å². The third-order valence-electron chi connectivity index (χ3n) is 2.33. The van der Waals surface area contributed by atoms with Crippen LogP contribution in [-0.4, -0.2) is 151 Å². The van der Waals surface area contributed by atoms with Gasteiger partial charge in [0.05, 0.1) is 26.2 Å². The molecule has 0 radical (unpaired) electrons. The van der Waals surface area contributed by atoms with E-state index in [4.69, 9.17) is 71.5 Å². The zero-order chi connectivity index (χ0) is 35.4. The highest BCUT2D eigenvalue weighted by molar-refractivity contribution is 5.73. The van der Waals surface area contributed by atoms with Crippen LogP contribution in [0.15, 0.2) is 13.2 Å². The third kappa shape index (κ3) is 164. The van der Waals surface area contributed by atoms with Crippen molar-refractivity contribution in [2.24, 2.45) is 11.5 Å². The van der Waals surface area contributed by atoms with Gasteiger partial charge in [0.2, 0.25) is 0 Å². The van der Waals surface area contributed by atoms with Gasteiger partial charge < -0.3 is 64.6 Å². The summed E-state index contributed by atoms with van der Waals surface area (Å²) in [5.74, 6) is -8.24. The first-order valence-electron chi connectivity index (χ1n) is 11.0. The van der Waals surface area contributed by atoms with Crippen molar-refractivity contribution in [1.29, 1.82) is 0 Å². The highest BCUT2D eigenvalue weighted by Crippen LogP contribution is 1.94. The van der Waals surface area contributed by atoms with Crippen molar-refractivity contribution < 1.29 is 79.2 Å². The van der Waals surface area contributed by atoms with Gasteiger partial charge in [-0.3, -0.25) is 48.2 Å². The standard InChI is InChI=1S/C10H16N2O8.C2H8N2.4C2H4O2.C2H4.2H3N/c13-7(14)3-11(4-8(15)16)1-2-12(5-9(17)18)6-10(19)20;3-1-2-4;4*1-2(3)4;1-2;;/h1-6H2,(H,13,14)(H,15,16)(H,17,18)(H,19,20);1-4H2;4*1H3,(H,3,4);1-2H2;2*1H3. The van der Waals surface area contributed by atoms with Crippen LogP contribution in [0.25, 0.3) is 0 Å². The third-order valence-corrected chi connectivity index (χ3v) is 2.33. The SMILES string of the molecule is C=C.CC(=O)O.CC(=O)O.CC(=O)O.CC(=O)O.N.N.NCCN.O=C(O)CN(CCN(CC(=O)O)CC(=O)O)CC(=O)O. The molecule has 44 heavy (non-hydrogen) atoms. The van der Waals surface area contributed by atoms with Crippen LogP contribution in [0.3, 0.4) is 0 Å². The maximum absolute atomic E-state index is 10.6. The van der Waals surface area contributed by atoms with Crippen LogP contribution in [0, 0.1) is 0 Å². The lowest BCUT2D eigenvalue weighted by Gasteiger charge is -2.23. The van der Waals surface area contributed by atoms with Gasteiger partial charge in [-0.25, -0.2) is 0 Å². The Hall–Kier alpha value is -4.74. The van der Waals surface area contributed by atoms with E-state index in [0.29, 0.717) is 13.1 Å². The summed E-state index contributed by atoms with van der Waals surface area (Å²) in [6.45, 7) is 9.28. The number of hydrogen-bond acceptors (Lipinski definition) is 14. The fourth-order valence-electron chi connectivity index (χ4n) is 1.48.